The fraction of sp³-hybridized carbons (Fsp3) is 0.692. The molecule has 2 N–H and O–H groups in total. The summed E-state index contributed by atoms with van der Waals surface area (Å²) >= 11 is 0. The Morgan fingerprint density at radius 3 is 2.82 bits per heavy atom. The van der Waals surface area contributed by atoms with Gasteiger partial charge >= 0.3 is 0 Å². The van der Waals surface area contributed by atoms with Crippen molar-refractivity contribution in [3.05, 3.63) is 17.6 Å². The highest BCUT2D eigenvalue weighted by molar-refractivity contribution is 5.49. The van der Waals surface area contributed by atoms with Crippen molar-refractivity contribution < 1.29 is 0 Å². The summed E-state index contributed by atoms with van der Waals surface area (Å²) in [6.45, 7) is 4.66. The molecule has 17 heavy (non-hydrogen) atoms. The first-order chi connectivity index (χ1) is 8.36. The molecule has 0 spiro atoms. The van der Waals surface area contributed by atoms with Crippen LogP contribution in [-0.2, 0) is 12.8 Å². The second kappa shape index (κ2) is 5.96. The number of nitrogens with two attached hydrogens (primary N) is 1. The van der Waals surface area contributed by atoms with Crippen molar-refractivity contribution in [2.24, 2.45) is 5.73 Å². The van der Waals surface area contributed by atoms with Gasteiger partial charge in [-0.05, 0) is 32.6 Å². The van der Waals surface area contributed by atoms with Gasteiger partial charge in [0.2, 0.25) is 0 Å². The summed E-state index contributed by atoms with van der Waals surface area (Å²) in [5.41, 5.74) is 8.28. The van der Waals surface area contributed by atoms with Gasteiger partial charge in [-0.15, -0.1) is 0 Å². The van der Waals surface area contributed by atoms with Gasteiger partial charge in [-0.1, -0.05) is 6.42 Å². The zero-order valence-corrected chi connectivity index (χ0v) is 10.7. The summed E-state index contributed by atoms with van der Waals surface area (Å²) in [6, 6.07) is 0. The molecule has 0 saturated heterocycles. The number of likely N-dealkylation sites (N-methyl/N-ethyl adjacent to an activating group) is 1. The van der Waals surface area contributed by atoms with Crippen LogP contribution in [0, 0.1) is 0 Å². The van der Waals surface area contributed by atoms with Gasteiger partial charge in [0, 0.05) is 30.9 Å². The molecule has 0 radical (unpaired) electrons. The van der Waals surface area contributed by atoms with Crippen molar-refractivity contribution in [1.29, 1.82) is 0 Å². The summed E-state index contributed by atoms with van der Waals surface area (Å²) in [4.78, 5) is 11.2. The molecule has 0 amide bonds. The van der Waals surface area contributed by atoms with Crippen LogP contribution in [-0.4, -0.2) is 29.6 Å². The molecule has 0 bridgehead atoms. The number of nitrogens with zero attached hydrogens (tertiary/aromatic N) is 3. The number of rotatable bonds is 4. The largest absolute Gasteiger partial charge is 0.355 e. The Bertz CT molecular complexity index is 364. The van der Waals surface area contributed by atoms with E-state index in [1.807, 2.05) is 0 Å². The highest BCUT2D eigenvalue weighted by atomic mass is 15.2. The SMILES string of the molecule is CCN(CCN)c1ncnc2c1CCCCC2. The lowest BCUT2D eigenvalue weighted by Crippen LogP contribution is -2.31. The molecule has 4 heteroatoms. The van der Waals surface area contributed by atoms with Crippen LogP contribution in [0.1, 0.15) is 37.4 Å². The van der Waals surface area contributed by atoms with E-state index in [1.54, 1.807) is 6.33 Å². The van der Waals surface area contributed by atoms with Gasteiger partial charge in [0.05, 0.1) is 0 Å². The van der Waals surface area contributed by atoms with Gasteiger partial charge < -0.3 is 10.6 Å². The summed E-state index contributed by atoms with van der Waals surface area (Å²) in [5.74, 6) is 1.12. The van der Waals surface area contributed by atoms with E-state index >= 15 is 0 Å². The third-order valence-corrected chi connectivity index (χ3v) is 3.43. The molecule has 94 valence electrons. The van der Waals surface area contributed by atoms with Crippen molar-refractivity contribution in [3.63, 3.8) is 0 Å². The first-order valence-corrected chi connectivity index (χ1v) is 6.64. The van der Waals surface area contributed by atoms with E-state index in [9.17, 15) is 0 Å². The highest BCUT2D eigenvalue weighted by Crippen LogP contribution is 2.26. The molecule has 1 aliphatic carbocycles. The minimum Gasteiger partial charge on any atom is -0.355 e. The molecule has 0 unspecified atom stereocenters. The third-order valence-electron chi connectivity index (χ3n) is 3.43. The van der Waals surface area contributed by atoms with E-state index in [2.05, 4.69) is 21.8 Å². The third kappa shape index (κ3) is 2.75. The summed E-state index contributed by atoms with van der Waals surface area (Å²) in [5, 5.41) is 0. The first-order valence-electron chi connectivity index (χ1n) is 6.64. The summed E-state index contributed by atoms with van der Waals surface area (Å²) < 4.78 is 0. The maximum absolute atomic E-state index is 5.66. The van der Waals surface area contributed by atoms with Crippen molar-refractivity contribution in [1.82, 2.24) is 9.97 Å². The molecular formula is C13H22N4. The van der Waals surface area contributed by atoms with Gasteiger partial charge in [-0.2, -0.15) is 0 Å². The fourth-order valence-electron chi connectivity index (χ4n) is 2.52. The average Bonchev–Trinajstić information content (AvgIpc) is 2.60. The number of anilines is 1. The lowest BCUT2D eigenvalue weighted by molar-refractivity contribution is 0.708. The molecule has 1 heterocycles. The van der Waals surface area contributed by atoms with E-state index in [4.69, 9.17) is 5.73 Å². The lowest BCUT2D eigenvalue weighted by Gasteiger charge is -2.24. The topological polar surface area (TPSA) is 55.0 Å². The monoisotopic (exact) mass is 234 g/mol. The standard InChI is InChI=1S/C13H22N4/c1-2-17(9-8-14)13-11-6-4-3-5-7-12(11)15-10-16-13/h10H,2-9,14H2,1H3. The smallest absolute Gasteiger partial charge is 0.135 e. The van der Waals surface area contributed by atoms with Crippen LogP contribution in [0.15, 0.2) is 6.33 Å². The van der Waals surface area contributed by atoms with Crippen LogP contribution in [0.2, 0.25) is 0 Å². The van der Waals surface area contributed by atoms with Crippen LogP contribution in [0.25, 0.3) is 0 Å². The minimum absolute atomic E-state index is 0.673. The molecule has 0 aliphatic heterocycles. The number of fused-ring (bicyclic) bond motifs is 1. The number of hydrogen-bond donors (Lipinski definition) is 1. The molecule has 1 aromatic heterocycles. The predicted octanol–water partition coefficient (Wildman–Crippen LogP) is 1.53. The van der Waals surface area contributed by atoms with Crippen LogP contribution in [0.4, 0.5) is 5.82 Å². The van der Waals surface area contributed by atoms with Gasteiger partial charge in [0.1, 0.15) is 12.1 Å². The number of aromatic nitrogens is 2. The van der Waals surface area contributed by atoms with E-state index in [0.29, 0.717) is 6.54 Å². The van der Waals surface area contributed by atoms with Crippen LogP contribution in [0.3, 0.4) is 0 Å². The molecule has 1 aliphatic rings. The number of aryl methyl sites for hydroxylation is 1. The van der Waals surface area contributed by atoms with Gasteiger partial charge in [0.25, 0.3) is 0 Å². The molecule has 0 saturated carbocycles. The van der Waals surface area contributed by atoms with Crippen molar-refractivity contribution in [2.75, 3.05) is 24.5 Å². The minimum atomic E-state index is 0.673. The fourth-order valence-corrected chi connectivity index (χ4v) is 2.52. The Morgan fingerprint density at radius 2 is 2.06 bits per heavy atom. The Morgan fingerprint density at radius 1 is 1.24 bits per heavy atom. The first kappa shape index (κ1) is 12.3. The van der Waals surface area contributed by atoms with E-state index in [1.165, 1.54) is 30.5 Å². The van der Waals surface area contributed by atoms with E-state index in [-0.39, 0.29) is 0 Å². The van der Waals surface area contributed by atoms with Crippen molar-refractivity contribution in [3.8, 4) is 0 Å². The molecule has 0 aromatic carbocycles. The molecular weight excluding hydrogens is 212 g/mol. The zero-order valence-electron chi connectivity index (χ0n) is 10.7. The van der Waals surface area contributed by atoms with Crippen LogP contribution < -0.4 is 10.6 Å². The zero-order chi connectivity index (χ0) is 12.1. The summed E-state index contributed by atoms with van der Waals surface area (Å²) in [6.07, 6.45) is 7.75. The normalized spacial score (nSPS) is 15.2. The van der Waals surface area contributed by atoms with E-state index in [0.717, 1.165) is 31.7 Å². The lowest BCUT2D eigenvalue weighted by atomic mass is 10.1. The van der Waals surface area contributed by atoms with Crippen molar-refractivity contribution >= 4 is 5.82 Å². The van der Waals surface area contributed by atoms with Gasteiger partial charge in [-0.3, -0.25) is 0 Å². The highest BCUT2D eigenvalue weighted by Gasteiger charge is 2.17. The van der Waals surface area contributed by atoms with Crippen LogP contribution in [0.5, 0.6) is 0 Å². The Hall–Kier alpha value is -1.16. The quantitative estimate of drug-likeness (QED) is 0.803. The Labute approximate surface area is 103 Å². The van der Waals surface area contributed by atoms with Gasteiger partial charge in [0.15, 0.2) is 0 Å². The van der Waals surface area contributed by atoms with Gasteiger partial charge in [-0.25, -0.2) is 9.97 Å². The second-order valence-electron chi connectivity index (χ2n) is 4.55. The Kier molecular flexibility index (Phi) is 4.31. The maximum atomic E-state index is 5.66. The average molecular weight is 234 g/mol. The Balaban J connectivity index is 2.32. The maximum Gasteiger partial charge on any atom is 0.135 e. The second-order valence-corrected chi connectivity index (χ2v) is 4.55. The van der Waals surface area contributed by atoms with Crippen molar-refractivity contribution in [2.45, 2.75) is 39.0 Å². The van der Waals surface area contributed by atoms with Crippen LogP contribution >= 0.6 is 0 Å². The molecule has 0 atom stereocenters. The molecule has 4 nitrogen and oxygen atoms in total. The predicted molar refractivity (Wildman–Crippen MR) is 70.2 cm³/mol. The molecule has 0 fully saturated rings. The van der Waals surface area contributed by atoms with E-state index < -0.39 is 0 Å². The molecule has 1 aromatic rings. The number of hydrogen-bond acceptors (Lipinski definition) is 4. The summed E-state index contributed by atoms with van der Waals surface area (Å²) in [7, 11) is 0. The molecule has 2 rings (SSSR count).